The molecule has 6 unspecified atom stereocenters. The smallest absolute Gasteiger partial charge is 0.400 e. The van der Waals surface area contributed by atoms with Crippen molar-refractivity contribution in [2.24, 2.45) is 17.8 Å². The van der Waals surface area contributed by atoms with Gasteiger partial charge in [0, 0.05) is 12.3 Å². The zero-order valence-electron chi connectivity index (χ0n) is 12.5. The zero-order valence-corrected chi connectivity index (χ0v) is 14.2. The Hall–Kier alpha value is -0.920. The van der Waals surface area contributed by atoms with E-state index >= 15 is 0 Å². The minimum Gasteiger partial charge on any atom is -0.465 e. The van der Waals surface area contributed by atoms with Crippen molar-refractivity contribution >= 4 is 26.2 Å². The van der Waals surface area contributed by atoms with Gasteiger partial charge in [-0.1, -0.05) is 0 Å². The molecule has 3 aliphatic rings. The summed E-state index contributed by atoms with van der Waals surface area (Å²) >= 11 is 0. The molecule has 0 aromatic heterocycles. The van der Waals surface area contributed by atoms with Crippen LogP contribution in [0.3, 0.4) is 0 Å². The number of carbonyl (C=O) groups is 1. The summed E-state index contributed by atoms with van der Waals surface area (Å²) in [6.07, 6.45) is -4.06. The van der Waals surface area contributed by atoms with Crippen LogP contribution in [0.15, 0.2) is 0 Å². The third kappa shape index (κ3) is 2.94. The second-order valence-electron chi connectivity index (χ2n) is 6.47. The van der Waals surface area contributed by atoms with Crippen LogP contribution < -0.4 is 0 Å². The molecule has 0 aromatic carbocycles. The fraction of sp³-hybridized carbons (Fsp3) is 0.917. The lowest BCUT2D eigenvalue weighted by atomic mass is 9.87. The highest BCUT2D eigenvalue weighted by atomic mass is 32.2. The minimum atomic E-state index is -5.94. The van der Waals surface area contributed by atoms with Gasteiger partial charge in [-0.05, 0) is 18.8 Å². The summed E-state index contributed by atoms with van der Waals surface area (Å²) < 4.78 is 102. The molecule has 1 aliphatic heterocycles. The predicted molar refractivity (Wildman–Crippen MR) is 74.3 cm³/mol. The molecule has 0 radical (unpaired) electrons. The maximum Gasteiger partial charge on any atom is 0.400 e. The van der Waals surface area contributed by atoms with Crippen molar-refractivity contribution in [1.82, 2.24) is 0 Å². The number of carbonyl (C=O) groups excluding carboxylic acids is 1. The largest absolute Gasteiger partial charge is 0.465 e. The topological polar surface area (TPSA) is 124 Å². The highest BCUT2D eigenvalue weighted by Crippen LogP contribution is 2.57. The van der Waals surface area contributed by atoms with Gasteiger partial charge in [-0.2, -0.15) is 25.6 Å². The van der Waals surface area contributed by atoms with Crippen LogP contribution in [0.2, 0.25) is 0 Å². The molecule has 3 fully saturated rings. The highest BCUT2D eigenvalue weighted by molar-refractivity contribution is 7.87. The quantitative estimate of drug-likeness (QED) is 0.383. The summed E-state index contributed by atoms with van der Waals surface area (Å²) in [5.41, 5.74) is 0. The van der Waals surface area contributed by atoms with Crippen LogP contribution >= 0.6 is 0 Å². The molecule has 0 spiro atoms. The zero-order chi connectivity index (χ0) is 18.8. The van der Waals surface area contributed by atoms with Gasteiger partial charge in [0.2, 0.25) is 0 Å². The van der Waals surface area contributed by atoms with Crippen LogP contribution in [-0.2, 0) is 34.0 Å². The maximum atomic E-state index is 13.3. The number of alkyl halides is 3. The van der Waals surface area contributed by atoms with Gasteiger partial charge in [-0.25, -0.2) is 4.39 Å². The molecule has 13 heteroatoms. The molecule has 2 aliphatic carbocycles. The number of hydrogen-bond donors (Lipinski definition) is 1. The molecule has 3 rings (SSSR count). The summed E-state index contributed by atoms with van der Waals surface area (Å²) in [7, 11) is -9.86. The number of esters is 1. The number of hydrogen-bond acceptors (Lipinski definition) is 7. The van der Waals surface area contributed by atoms with E-state index < -0.39 is 67.9 Å². The van der Waals surface area contributed by atoms with Crippen molar-refractivity contribution in [3.05, 3.63) is 0 Å². The highest BCUT2D eigenvalue weighted by Gasteiger charge is 2.66. The van der Waals surface area contributed by atoms with Crippen LogP contribution in [0.25, 0.3) is 0 Å². The van der Waals surface area contributed by atoms with Gasteiger partial charge < -0.3 is 4.74 Å². The molecule has 0 aromatic rings. The van der Waals surface area contributed by atoms with E-state index in [1.807, 2.05) is 0 Å². The van der Waals surface area contributed by atoms with E-state index in [1.54, 1.807) is 0 Å². The first-order valence-electron chi connectivity index (χ1n) is 7.44. The first-order chi connectivity index (χ1) is 11.4. The maximum absolute atomic E-state index is 13.3. The summed E-state index contributed by atoms with van der Waals surface area (Å²) in [5, 5.41) is -6.08. The fourth-order valence-electron chi connectivity index (χ4n) is 4.00. The minimum absolute atomic E-state index is 0.273. The molecule has 1 N–H and O–H groups in total. The van der Waals surface area contributed by atoms with E-state index in [0.29, 0.717) is 12.8 Å². The van der Waals surface area contributed by atoms with Crippen molar-refractivity contribution in [3.8, 4) is 0 Å². The van der Waals surface area contributed by atoms with Gasteiger partial charge >= 0.3 is 21.3 Å². The standard InChI is InChI=1S/C12H15F3O8S2/c13-8(12(14,15)25(19,20)21)1-2-22-11(16)9-5-3-6-7(4-5)23-24(17,18)10(6)9/h5-10H,1-4H2,(H,19,20,21). The lowest BCUT2D eigenvalue weighted by molar-refractivity contribution is -0.151. The first kappa shape index (κ1) is 18.9. The van der Waals surface area contributed by atoms with Crippen LogP contribution in [-0.4, -0.2) is 56.7 Å². The average Bonchev–Trinajstić information content (AvgIpc) is 3.05. The third-order valence-electron chi connectivity index (χ3n) is 5.06. The van der Waals surface area contributed by atoms with Gasteiger partial charge in [0.25, 0.3) is 10.1 Å². The Balaban J connectivity index is 1.59. The Labute approximate surface area is 141 Å². The van der Waals surface area contributed by atoms with Crippen molar-refractivity contribution in [3.63, 3.8) is 0 Å². The molecule has 25 heavy (non-hydrogen) atoms. The van der Waals surface area contributed by atoms with Crippen LogP contribution in [0.4, 0.5) is 13.2 Å². The Morgan fingerprint density at radius 2 is 2.00 bits per heavy atom. The Morgan fingerprint density at radius 3 is 2.60 bits per heavy atom. The molecule has 6 atom stereocenters. The lowest BCUT2D eigenvalue weighted by Crippen LogP contribution is -2.40. The Bertz CT molecular complexity index is 778. The molecule has 8 nitrogen and oxygen atoms in total. The summed E-state index contributed by atoms with van der Waals surface area (Å²) in [6.45, 7) is -0.879. The van der Waals surface area contributed by atoms with E-state index in [0.717, 1.165) is 0 Å². The van der Waals surface area contributed by atoms with Crippen molar-refractivity contribution in [1.29, 1.82) is 0 Å². The summed E-state index contributed by atoms with van der Waals surface area (Å²) in [5.74, 6) is -2.56. The predicted octanol–water partition coefficient (Wildman–Crippen LogP) is 0.492. The van der Waals surface area contributed by atoms with Gasteiger partial charge in [-0.3, -0.25) is 13.5 Å². The molecule has 144 valence electrons. The van der Waals surface area contributed by atoms with E-state index in [9.17, 15) is 34.8 Å². The summed E-state index contributed by atoms with van der Waals surface area (Å²) in [4.78, 5) is 12.1. The van der Waals surface area contributed by atoms with Gasteiger partial charge in [0.15, 0.2) is 6.17 Å². The number of rotatable bonds is 6. The molecule has 1 saturated heterocycles. The van der Waals surface area contributed by atoms with Crippen molar-refractivity contribution in [2.75, 3.05) is 6.61 Å². The second-order valence-corrected chi connectivity index (χ2v) is 9.69. The molecule has 2 bridgehead atoms. The molecule has 1 heterocycles. The Kier molecular flexibility index (Phi) is 4.37. The van der Waals surface area contributed by atoms with Crippen LogP contribution in [0.5, 0.6) is 0 Å². The average molecular weight is 408 g/mol. The fourth-order valence-corrected chi connectivity index (χ4v) is 6.54. The summed E-state index contributed by atoms with van der Waals surface area (Å²) in [6, 6.07) is 0. The monoisotopic (exact) mass is 408 g/mol. The van der Waals surface area contributed by atoms with Crippen molar-refractivity contribution in [2.45, 2.75) is 42.0 Å². The molecular formula is C12H15F3O8S2. The number of ether oxygens (including phenoxy) is 1. The lowest BCUT2D eigenvalue weighted by Gasteiger charge is -2.23. The van der Waals surface area contributed by atoms with Crippen LogP contribution in [0.1, 0.15) is 19.3 Å². The van der Waals surface area contributed by atoms with E-state index in [1.165, 1.54) is 0 Å². The van der Waals surface area contributed by atoms with Gasteiger partial charge in [-0.15, -0.1) is 0 Å². The normalized spacial score (nSPS) is 37.2. The van der Waals surface area contributed by atoms with E-state index in [2.05, 4.69) is 0 Å². The molecule has 0 amide bonds. The van der Waals surface area contributed by atoms with Crippen LogP contribution in [0, 0.1) is 17.8 Å². The van der Waals surface area contributed by atoms with E-state index in [4.69, 9.17) is 13.5 Å². The first-order valence-corrected chi connectivity index (χ1v) is 10.3. The number of fused-ring (bicyclic) bond motifs is 1. The van der Waals surface area contributed by atoms with E-state index in [-0.39, 0.29) is 11.8 Å². The third-order valence-corrected chi connectivity index (χ3v) is 7.83. The molecule has 2 saturated carbocycles. The molecular weight excluding hydrogens is 393 g/mol. The SMILES string of the molecule is O=C(OCCC(F)C(F)(F)S(=O)(=O)O)C1C2CC3OS(=O)(=O)C1C3C2. The van der Waals surface area contributed by atoms with Crippen molar-refractivity contribution < 1.29 is 48.3 Å². The van der Waals surface area contributed by atoms with Gasteiger partial charge in [0.1, 0.15) is 5.25 Å². The Morgan fingerprint density at radius 1 is 1.36 bits per heavy atom. The second kappa shape index (κ2) is 5.79. The number of halogens is 3. The van der Waals surface area contributed by atoms with Gasteiger partial charge in [0.05, 0.1) is 18.6 Å².